The third-order valence-electron chi connectivity index (χ3n) is 5.51. The van der Waals surface area contributed by atoms with Gasteiger partial charge < -0.3 is 8.83 Å². The van der Waals surface area contributed by atoms with Crippen molar-refractivity contribution in [2.75, 3.05) is 0 Å². The van der Waals surface area contributed by atoms with Crippen molar-refractivity contribution in [3.05, 3.63) is 84.9 Å². The number of hydrogen-bond acceptors (Lipinski definition) is 9. The summed E-state index contributed by atoms with van der Waals surface area (Å²) in [5.74, 6) is 1.54. The van der Waals surface area contributed by atoms with E-state index in [0.717, 1.165) is 31.6 Å². The highest BCUT2D eigenvalue weighted by molar-refractivity contribution is 7.18. The number of fused-ring (bicyclic) bond motifs is 2. The van der Waals surface area contributed by atoms with Crippen LogP contribution in [0.25, 0.3) is 66.5 Å². The van der Waals surface area contributed by atoms with Crippen molar-refractivity contribution in [2.45, 2.75) is 0 Å². The average molecular weight is 475 g/mol. The molecular formula is C26H14N6O2S. The summed E-state index contributed by atoms with van der Waals surface area (Å²) in [6.07, 6.45) is 0. The van der Waals surface area contributed by atoms with E-state index in [1.54, 1.807) is 0 Å². The minimum atomic E-state index is 0.364. The summed E-state index contributed by atoms with van der Waals surface area (Å²) < 4.78 is 11.8. The highest BCUT2D eigenvalue weighted by Gasteiger charge is 2.18. The van der Waals surface area contributed by atoms with Gasteiger partial charge in [-0.3, -0.25) is 0 Å². The molecule has 166 valence electrons. The van der Waals surface area contributed by atoms with Crippen LogP contribution in [0.4, 0.5) is 0 Å². The van der Waals surface area contributed by atoms with E-state index < -0.39 is 0 Å². The maximum absolute atomic E-state index is 5.92. The fraction of sp³-hybridized carbons (Fsp3) is 0. The lowest BCUT2D eigenvalue weighted by atomic mass is 10.2. The van der Waals surface area contributed by atoms with Gasteiger partial charge in [0.2, 0.25) is 0 Å². The van der Waals surface area contributed by atoms with Gasteiger partial charge in [0.1, 0.15) is 11.4 Å². The van der Waals surface area contributed by atoms with Crippen molar-refractivity contribution < 1.29 is 8.83 Å². The van der Waals surface area contributed by atoms with Gasteiger partial charge in [-0.15, -0.1) is 31.7 Å². The quantitative estimate of drug-likeness (QED) is 0.294. The molecule has 5 heterocycles. The van der Waals surface area contributed by atoms with Gasteiger partial charge in [-0.25, -0.2) is 9.97 Å². The van der Waals surface area contributed by atoms with Gasteiger partial charge in [0.15, 0.2) is 0 Å². The van der Waals surface area contributed by atoms with Crippen molar-refractivity contribution in [2.24, 2.45) is 0 Å². The molecule has 0 aliphatic carbocycles. The summed E-state index contributed by atoms with van der Waals surface area (Å²) in [7, 11) is 0. The molecular weight excluding hydrogens is 460 g/mol. The van der Waals surface area contributed by atoms with Gasteiger partial charge in [0.25, 0.3) is 23.6 Å². The van der Waals surface area contributed by atoms with Crippen LogP contribution in [0.3, 0.4) is 0 Å². The third-order valence-corrected chi connectivity index (χ3v) is 6.57. The van der Waals surface area contributed by atoms with Crippen LogP contribution in [0.5, 0.6) is 0 Å². The number of rotatable bonds is 4. The van der Waals surface area contributed by atoms with Crippen LogP contribution in [-0.4, -0.2) is 30.4 Å². The van der Waals surface area contributed by atoms with Crippen LogP contribution in [0.1, 0.15) is 0 Å². The SMILES string of the molecule is c1ccc2nc(-c3nnc(-c4ccc(-c5nnc(-c6ccc7ccccc7n6)o5)s4)o3)ccc2c1. The Hall–Kier alpha value is -4.76. The molecule has 0 saturated carbocycles. The zero-order valence-electron chi connectivity index (χ0n) is 18.0. The molecule has 8 nitrogen and oxygen atoms in total. The highest BCUT2D eigenvalue weighted by atomic mass is 32.1. The standard InChI is InChI=1S/C26H14N6O2S/c1-3-7-17-15(5-1)9-11-19(27-17)23-29-31-25(33-23)21-13-14-22(35-21)26-32-30-24(34-26)20-12-10-16-6-2-4-8-18(16)28-20/h1-14H. The second kappa shape index (κ2) is 7.93. The maximum atomic E-state index is 5.92. The molecule has 7 aromatic rings. The fourth-order valence-corrected chi connectivity index (χ4v) is 4.64. The summed E-state index contributed by atoms with van der Waals surface area (Å²) in [6.45, 7) is 0. The van der Waals surface area contributed by atoms with E-state index >= 15 is 0 Å². The molecule has 0 bridgehead atoms. The van der Waals surface area contributed by atoms with Crippen LogP contribution >= 0.6 is 11.3 Å². The maximum Gasteiger partial charge on any atom is 0.266 e. The van der Waals surface area contributed by atoms with Crippen molar-refractivity contribution in [3.8, 4) is 44.7 Å². The molecule has 0 radical (unpaired) electrons. The first-order chi connectivity index (χ1) is 17.3. The minimum Gasteiger partial charge on any atom is -0.414 e. The second-order valence-corrected chi connectivity index (χ2v) is 8.85. The van der Waals surface area contributed by atoms with Crippen molar-refractivity contribution in [1.82, 2.24) is 30.4 Å². The minimum absolute atomic E-state index is 0.364. The van der Waals surface area contributed by atoms with E-state index in [9.17, 15) is 0 Å². The largest absolute Gasteiger partial charge is 0.414 e. The van der Waals surface area contributed by atoms with E-state index in [4.69, 9.17) is 8.83 Å². The number of thiophene rings is 1. The van der Waals surface area contributed by atoms with Crippen LogP contribution in [-0.2, 0) is 0 Å². The first-order valence-electron chi connectivity index (χ1n) is 10.8. The first kappa shape index (κ1) is 19.7. The summed E-state index contributed by atoms with van der Waals surface area (Å²) in [4.78, 5) is 10.8. The van der Waals surface area contributed by atoms with E-state index in [1.165, 1.54) is 11.3 Å². The Bertz CT molecular complexity index is 1700. The number of pyridine rings is 2. The Balaban J connectivity index is 1.16. The predicted molar refractivity (Wildman–Crippen MR) is 132 cm³/mol. The molecule has 0 atom stereocenters. The lowest BCUT2D eigenvalue weighted by molar-refractivity contribution is 0.584. The fourth-order valence-electron chi connectivity index (χ4n) is 3.79. The van der Waals surface area contributed by atoms with Gasteiger partial charge in [-0.2, -0.15) is 0 Å². The molecule has 0 fully saturated rings. The van der Waals surface area contributed by atoms with Gasteiger partial charge >= 0.3 is 0 Å². The Morgan fingerprint density at radius 3 is 1.43 bits per heavy atom. The predicted octanol–water partition coefficient (Wildman–Crippen LogP) is 6.28. The molecule has 0 unspecified atom stereocenters. The van der Waals surface area contributed by atoms with Crippen molar-refractivity contribution in [1.29, 1.82) is 0 Å². The molecule has 0 aliphatic rings. The summed E-state index contributed by atoms with van der Waals surface area (Å²) in [6, 6.07) is 27.3. The number of hydrogen-bond donors (Lipinski definition) is 0. The molecule has 2 aromatic carbocycles. The van der Waals surface area contributed by atoms with Crippen molar-refractivity contribution in [3.63, 3.8) is 0 Å². The average Bonchev–Trinajstić information content (AvgIpc) is 3.68. The zero-order valence-corrected chi connectivity index (χ0v) is 18.8. The highest BCUT2D eigenvalue weighted by Crippen LogP contribution is 2.35. The van der Waals surface area contributed by atoms with E-state index in [2.05, 4.69) is 30.4 Å². The van der Waals surface area contributed by atoms with E-state index in [0.29, 0.717) is 35.0 Å². The monoisotopic (exact) mass is 474 g/mol. The lowest BCUT2D eigenvalue weighted by Crippen LogP contribution is -1.84. The van der Waals surface area contributed by atoms with Gasteiger partial charge in [0.05, 0.1) is 20.8 Å². The Morgan fingerprint density at radius 1 is 0.457 bits per heavy atom. The summed E-state index contributed by atoms with van der Waals surface area (Å²) in [5, 5.41) is 18.9. The Kier molecular flexibility index (Phi) is 4.46. The molecule has 0 spiro atoms. The van der Waals surface area contributed by atoms with Gasteiger partial charge in [-0.1, -0.05) is 48.5 Å². The smallest absolute Gasteiger partial charge is 0.266 e. The number of aromatic nitrogens is 6. The summed E-state index contributed by atoms with van der Waals surface area (Å²) in [5.41, 5.74) is 3.00. The van der Waals surface area contributed by atoms with Crippen molar-refractivity contribution >= 4 is 33.1 Å². The topological polar surface area (TPSA) is 104 Å². The van der Waals surface area contributed by atoms with Gasteiger partial charge in [-0.05, 0) is 36.4 Å². The number of para-hydroxylation sites is 2. The molecule has 0 amide bonds. The first-order valence-corrected chi connectivity index (χ1v) is 11.6. The third kappa shape index (κ3) is 3.54. The number of nitrogens with zero attached hydrogens (tertiary/aromatic N) is 6. The molecule has 0 aliphatic heterocycles. The van der Waals surface area contributed by atoms with E-state index in [1.807, 2.05) is 84.9 Å². The normalized spacial score (nSPS) is 11.4. The van der Waals surface area contributed by atoms with Crippen LogP contribution < -0.4 is 0 Å². The molecule has 0 N–H and O–H groups in total. The lowest BCUT2D eigenvalue weighted by Gasteiger charge is -1.98. The van der Waals surface area contributed by atoms with Crippen LogP contribution in [0, 0.1) is 0 Å². The molecule has 0 saturated heterocycles. The Labute approximate surface area is 202 Å². The molecule has 9 heteroatoms. The zero-order chi connectivity index (χ0) is 23.2. The van der Waals surface area contributed by atoms with Crippen LogP contribution in [0.2, 0.25) is 0 Å². The molecule has 35 heavy (non-hydrogen) atoms. The molecule has 5 aromatic heterocycles. The summed E-state index contributed by atoms with van der Waals surface area (Å²) >= 11 is 1.43. The second-order valence-electron chi connectivity index (χ2n) is 7.77. The van der Waals surface area contributed by atoms with Crippen LogP contribution in [0.15, 0.2) is 93.8 Å². The molecule has 7 rings (SSSR count). The van der Waals surface area contributed by atoms with Gasteiger partial charge in [0, 0.05) is 10.8 Å². The van der Waals surface area contributed by atoms with E-state index in [-0.39, 0.29) is 0 Å². The number of benzene rings is 2. The Morgan fingerprint density at radius 2 is 0.914 bits per heavy atom.